The molecule has 0 aromatic heterocycles. The van der Waals surface area contributed by atoms with Gasteiger partial charge in [0.2, 0.25) is 0 Å². The van der Waals surface area contributed by atoms with E-state index < -0.39 is 0 Å². The first-order chi connectivity index (χ1) is 11.5. The highest BCUT2D eigenvalue weighted by molar-refractivity contribution is 5.86. The summed E-state index contributed by atoms with van der Waals surface area (Å²) in [6.45, 7) is 11.3. The minimum atomic E-state index is 0.624. The van der Waals surface area contributed by atoms with Crippen molar-refractivity contribution in [3.63, 3.8) is 0 Å². The van der Waals surface area contributed by atoms with Crippen LogP contribution in [-0.2, 0) is 6.42 Å². The Kier molecular flexibility index (Phi) is 4.94. The first kappa shape index (κ1) is 17.0. The summed E-state index contributed by atoms with van der Waals surface area (Å²) in [5.74, 6) is 0.624. The molecule has 0 spiro atoms. The zero-order chi connectivity index (χ0) is 17.3. The Hall–Kier alpha value is -1.82. The van der Waals surface area contributed by atoms with Gasteiger partial charge in [0.05, 0.1) is 0 Å². The Labute approximate surface area is 147 Å². The van der Waals surface area contributed by atoms with E-state index in [0.717, 1.165) is 6.42 Å². The molecule has 0 aliphatic heterocycles. The molecular weight excluding hydrogens is 288 g/mol. The molecule has 0 nitrogen and oxygen atoms in total. The van der Waals surface area contributed by atoms with Gasteiger partial charge in [-0.3, -0.25) is 0 Å². The molecule has 2 aromatic carbocycles. The zero-order valence-electron chi connectivity index (χ0n) is 15.7. The molecule has 0 bridgehead atoms. The Bertz CT molecular complexity index is 757. The Morgan fingerprint density at radius 2 is 1.67 bits per heavy atom. The third-order valence-corrected chi connectivity index (χ3v) is 5.21. The summed E-state index contributed by atoms with van der Waals surface area (Å²) in [5, 5.41) is 0. The first-order valence-electron chi connectivity index (χ1n) is 9.34. The lowest BCUT2D eigenvalue weighted by atomic mass is 9.89. The molecule has 1 unspecified atom stereocenters. The first-order valence-corrected chi connectivity index (χ1v) is 9.34. The van der Waals surface area contributed by atoms with Crippen molar-refractivity contribution in [1.82, 2.24) is 0 Å². The SMILES string of the molecule is CCCc1ccc2c(c1-c1cc(C)cc(C)c1)C=C(C(C)CC)[CH]2. The van der Waals surface area contributed by atoms with Crippen LogP contribution in [-0.4, -0.2) is 0 Å². The molecule has 0 N–H and O–H groups in total. The van der Waals surface area contributed by atoms with Crippen molar-refractivity contribution in [3.8, 4) is 11.1 Å². The number of aryl methyl sites for hydroxylation is 3. The smallest absolute Gasteiger partial charge is 0.0167 e. The van der Waals surface area contributed by atoms with E-state index in [1.165, 1.54) is 57.4 Å². The molecule has 1 aliphatic rings. The lowest BCUT2D eigenvalue weighted by molar-refractivity contribution is 0.669. The molecule has 0 saturated carbocycles. The van der Waals surface area contributed by atoms with E-state index in [1.807, 2.05) is 0 Å². The van der Waals surface area contributed by atoms with Crippen LogP contribution < -0.4 is 0 Å². The largest absolute Gasteiger partial charge is 0.0651 e. The van der Waals surface area contributed by atoms with Gasteiger partial charge in [0.15, 0.2) is 0 Å². The molecule has 1 radical (unpaired) electrons. The van der Waals surface area contributed by atoms with E-state index in [9.17, 15) is 0 Å². The number of rotatable bonds is 5. The summed E-state index contributed by atoms with van der Waals surface area (Å²) < 4.78 is 0. The molecule has 125 valence electrons. The molecule has 0 fully saturated rings. The van der Waals surface area contributed by atoms with Gasteiger partial charge in [0, 0.05) is 6.42 Å². The minimum Gasteiger partial charge on any atom is -0.0651 e. The fourth-order valence-corrected chi connectivity index (χ4v) is 3.81. The van der Waals surface area contributed by atoms with E-state index in [-0.39, 0.29) is 0 Å². The highest BCUT2D eigenvalue weighted by Crippen LogP contribution is 2.40. The molecule has 0 amide bonds. The molecule has 1 atom stereocenters. The quantitative estimate of drug-likeness (QED) is 0.561. The van der Waals surface area contributed by atoms with Crippen molar-refractivity contribution >= 4 is 6.08 Å². The minimum absolute atomic E-state index is 0.624. The van der Waals surface area contributed by atoms with Gasteiger partial charge in [-0.05, 0) is 60.4 Å². The van der Waals surface area contributed by atoms with E-state index >= 15 is 0 Å². The van der Waals surface area contributed by atoms with Gasteiger partial charge in [0.1, 0.15) is 0 Å². The molecule has 2 aromatic rings. The second-order valence-corrected chi connectivity index (χ2v) is 7.33. The third kappa shape index (κ3) is 3.20. The summed E-state index contributed by atoms with van der Waals surface area (Å²) in [4.78, 5) is 0. The van der Waals surface area contributed by atoms with Crippen molar-refractivity contribution in [2.75, 3.05) is 0 Å². The fraction of sp³-hybridized carbons (Fsp3) is 0.375. The summed E-state index contributed by atoms with van der Waals surface area (Å²) in [7, 11) is 0. The van der Waals surface area contributed by atoms with Gasteiger partial charge < -0.3 is 0 Å². The van der Waals surface area contributed by atoms with Crippen LogP contribution in [0.3, 0.4) is 0 Å². The molecule has 0 saturated heterocycles. The van der Waals surface area contributed by atoms with Crippen LogP contribution in [0, 0.1) is 26.2 Å². The number of hydrogen-bond acceptors (Lipinski definition) is 0. The average Bonchev–Trinajstić information content (AvgIpc) is 2.97. The molecule has 24 heavy (non-hydrogen) atoms. The molecule has 0 heterocycles. The standard InChI is InChI=1S/C24H29/c1-6-8-19-9-10-20-14-21(18(5)7-2)15-23(20)24(19)22-12-16(3)11-17(4)13-22/h9-15,18H,6-8H2,1-5H3. The molecule has 1 aliphatic carbocycles. The van der Waals surface area contributed by atoms with Gasteiger partial charge in [0.25, 0.3) is 0 Å². The molecule has 0 heteroatoms. The van der Waals surface area contributed by atoms with Crippen LogP contribution in [0.5, 0.6) is 0 Å². The maximum atomic E-state index is 2.44. The van der Waals surface area contributed by atoms with Crippen LogP contribution in [0.4, 0.5) is 0 Å². The Balaban J connectivity index is 2.20. The zero-order valence-corrected chi connectivity index (χ0v) is 15.7. The third-order valence-electron chi connectivity index (χ3n) is 5.21. The van der Waals surface area contributed by atoms with Crippen LogP contribution in [0.15, 0.2) is 35.9 Å². The summed E-state index contributed by atoms with van der Waals surface area (Å²) in [6.07, 6.45) is 8.35. The van der Waals surface area contributed by atoms with Crippen molar-refractivity contribution < 1.29 is 0 Å². The monoisotopic (exact) mass is 317 g/mol. The van der Waals surface area contributed by atoms with Gasteiger partial charge >= 0.3 is 0 Å². The molecule has 3 rings (SSSR count). The van der Waals surface area contributed by atoms with Crippen LogP contribution in [0.25, 0.3) is 17.2 Å². The van der Waals surface area contributed by atoms with Crippen molar-refractivity contribution in [1.29, 1.82) is 0 Å². The van der Waals surface area contributed by atoms with Gasteiger partial charge in [-0.25, -0.2) is 0 Å². The maximum Gasteiger partial charge on any atom is 0.0167 e. The van der Waals surface area contributed by atoms with E-state index in [1.54, 1.807) is 0 Å². The summed E-state index contributed by atoms with van der Waals surface area (Å²) in [5.41, 5.74) is 11.3. The van der Waals surface area contributed by atoms with E-state index in [0.29, 0.717) is 5.92 Å². The lowest BCUT2D eigenvalue weighted by Gasteiger charge is -2.15. The second kappa shape index (κ2) is 6.97. The predicted octanol–water partition coefficient (Wildman–Crippen LogP) is 6.92. The topological polar surface area (TPSA) is 0 Å². The Morgan fingerprint density at radius 1 is 0.958 bits per heavy atom. The van der Waals surface area contributed by atoms with Crippen molar-refractivity contribution in [2.24, 2.45) is 5.92 Å². The second-order valence-electron chi connectivity index (χ2n) is 7.33. The van der Waals surface area contributed by atoms with Gasteiger partial charge in [-0.1, -0.05) is 80.3 Å². The van der Waals surface area contributed by atoms with Crippen LogP contribution >= 0.6 is 0 Å². The van der Waals surface area contributed by atoms with Gasteiger partial charge in [-0.2, -0.15) is 0 Å². The maximum absolute atomic E-state index is 2.44. The van der Waals surface area contributed by atoms with Crippen LogP contribution in [0.2, 0.25) is 0 Å². The number of hydrogen-bond donors (Lipinski definition) is 0. The predicted molar refractivity (Wildman–Crippen MR) is 106 cm³/mol. The number of benzene rings is 2. The lowest BCUT2D eigenvalue weighted by Crippen LogP contribution is -1.96. The molecular formula is C24H29. The Morgan fingerprint density at radius 3 is 2.29 bits per heavy atom. The highest BCUT2D eigenvalue weighted by Gasteiger charge is 2.22. The fourth-order valence-electron chi connectivity index (χ4n) is 3.81. The van der Waals surface area contributed by atoms with Gasteiger partial charge in [-0.15, -0.1) is 0 Å². The number of allylic oxidation sites excluding steroid dienone is 1. The van der Waals surface area contributed by atoms with Crippen molar-refractivity contribution in [3.05, 3.63) is 70.1 Å². The number of fused-ring (bicyclic) bond motifs is 1. The van der Waals surface area contributed by atoms with E-state index in [2.05, 4.69) is 77.4 Å². The normalized spacial score (nSPS) is 14.5. The van der Waals surface area contributed by atoms with Crippen molar-refractivity contribution in [2.45, 2.75) is 53.9 Å². The summed E-state index contributed by atoms with van der Waals surface area (Å²) in [6, 6.07) is 11.6. The van der Waals surface area contributed by atoms with Crippen LogP contribution in [0.1, 0.15) is 61.4 Å². The summed E-state index contributed by atoms with van der Waals surface area (Å²) >= 11 is 0. The average molecular weight is 317 g/mol. The highest BCUT2D eigenvalue weighted by atomic mass is 14.3. The van der Waals surface area contributed by atoms with E-state index in [4.69, 9.17) is 0 Å².